The molecule has 17 heavy (non-hydrogen) atoms. The van der Waals surface area contributed by atoms with E-state index >= 15 is 0 Å². The Labute approximate surface area is 102 Å². The number of β-amino-alcohol motifs (C(OH)–C–C–N with tert-alkyl or cyclic N) is 1. The average molecular weight is 233 g/mol. The van der Waals surface area contributed by atoms with Crippen LogP contribution in [-0.4, -0.2) is 35.1 Å². The monoisotopic (exact) mass is 233 g/mol. The third kappa shape index (κ3) is 2.86. The van der Waals surface area contributed by atoms with Crippen LogP contribution in [0, 0.1) is 13.8 Å². The molecule has 3 nitrogen and oxygen atoms in total. The van der Waals surface area contributed by atoms with E-state index in [-0.39, 0.29) is 12.0 Å². The van der Waals surface area contributed by atoms with Crippen molar-refractivity contribution in [3.63, 3.8) is 0 Å². The summed E-state index contributed by atoms with van der Waals surface area (Å²) in [6.45, 7) is 5.21. The summed E-state index contributed by atoms with van der Waals surface area (Å²) in [6.07, 6.45) is 1.33. The lowest BCUT2D eigenvalue weighted by atomic mass is 10.0. The number of amides is 1. The normalized spacial score (nSPS) is 20.4. The zero-order chi connectivity index (χ0) is 12.4. The van der Waals surface area contributed by atoms with Crippen molar-refractivity contribution in [3.8, 4) is 0 Å². The second kappa shape index (κ2) is 4.88. The zero-order valence-electron chi connectivity index (χ0n) is 10.4. The largest absolute Gasteiger partial charge is 0.391 e. The molecule has 1 saturated heterocycles. The first-order valence-corrected chi connectivity index (χ1v) is 6.12. The van der Waals surface area contributed by atoms with Gasteiger partial charge in [-0.1, -0.05) is 17.2 Å². The SMILES string of the molecule is Cc1cc(C)cc(C(=O)N2CCC[C@@H](O)C2)c1. The fourth-order valence-corrected chi connectivity index (χ4v) is 2.42. The van der Waals surface area contributed by atoms with Crippen LogP contribution in [0.25, 0.3) is 0 Å². The molecule has 0 unspecified atom stereocenters. The van der Waals surface area contributed by atoms with Crippen molar-refractivity contribution in [2.45, 2.75) is 32.8 Å². The highest BCUT2D eigenvalue weighted by molar-refractivity contribution is 5.94. The van der Waals surface area contributed by atoms with E-state index in [2.05, 4.69) is 6.07 Å². The molecule has 1 aromatic carbocycles. The number of piperidine rings is 1. The third-order valence-corrected chi connectivity index (χ3v) is 3.15. The molecule has 0 saturated carbocycles. The predicted molar refractivity (Wildman–Crippen MR) is 67.1 cm³/mol. The first kappa shape index (κ1) is 12.1. The molecule has 0 radical (unpaired) electrons. The van der Waals surface area contributed by atoms with E-state index in [0.29, 0.717) is 6.54 Å². The second-order valence-corrected chi connectivity index (χ2v) is 4.92. The predicted octanol–water partition coefficient (Wildman–Crippen LogP) is 1.90. The highest BCUT2D eigenvalue weighted by Crippen LogP contribution is 2.16. The molecule has 2 rings (SSSR count). The Balaban J connectivity index is 2.18. The van der Waals surface area contributed by atoms with Crippen LogP contribution in [0.4, 0.5) is 0 Å². The van der Waals surface area contributed by atoms with Crippen molar-refractivity contribution < 1.29 is 9.90 Å². The lowest BCUT2D eigenvalue weighted by Gasteiger charge is -2.30. The number of carbonyl (C=O) groups is 1. The number of rotatable bonds is 1. The summed E-state index contributed by atoms with van der Waals surface area (Å²) >= 11 is 0. The Kier molecular flexibility index (Phi) is 3.48. The van der Waals surface area contributed by atoms with E-state index in [1.165, 1.54) is 0 Å². The van der Waals surface area contributed by atoms with Gasteiger partial charge in [0, 0.05) is 18.7 Å². The Morgan fingerprint density at radius 2 is 1.94 bits per heavy atom. The first-order chi connectivity index (χ1) is 8.06. The van der Waals surface area contributed by atoms with Gasteiger partial charge in [-0.15, -0.1) is 0 Å². The van der Waals surface area contributed by atoms with Crippen molar-refractivity contribution in [3.05, 3.63) is 34.9 Å². The van der Waals surface area contributed by atoms with Gasteiger partial charge in [0.2, 0.25) is 0 Å². The van der Waals surface area contributed by atoms with Crippen molar-refractivity contribution in [2.24, 2.45) is 0 Å². The minimum atomic E-state index is -0.362. The summed E-state index contributed by atoms with van der Waals surface area (Å²) in [5.41, 5.74) is 2.94. The van der Waals surface area contributed by atoms with E-state index in [0.717, 1.165) is 36.1 Å². The van der Waals surface area contributed by atoms with Crippen molar-refractivity contribution in [2.75, 3.05) is 13.1 Å². The van der Waals surface area contributed by atoms with Crippen LogP contribution in [0.5, 0.6) is 0 Å². The second-order valence-electron chi connectivity index (χ2n) is 4.92. The molecule has 1 fully saturated rings. The topological polar surface area (TPSA) is 40.5 Å². The molecule has 1 aliphatic heterocycles. The molecule has 0 aromatic heterocycles. The molecule has 1 N–H and O–H groups in total. The molecule has 0 aliphatic carbocycles. The third-order valence-electron chi connectivity index (χ3n) is 3.15. The van der Waals surface area contributed by atoms with E-state index < -0.39 is 0 Å². The molecular formula is C14H19NO2. The summed E-state index contributed by atoms with van der Waals surface area (Å²) < 4.78 is 0. The number of aryl methyl sites for hydroxylation is 2. The highest BCUT2D eigenvalue weighted by Gasteiger charge is 2.23. The first-order valence-electron chi connectivity index (χ1n) is 6.12. The number of aliphatic hydroxyl groups excluding tert-OH is 1. The van der Waals surface area contributed by atoms with Gasteiger partial charge in [0.1, 0.15) is 0 Å². The highest BCUT2D eigenvalue weighted by atomic mass is 16.3. The number of carbonyl (C=O) groups excluding carboxylic acids is 1. The number of likely N-dealkylation sites (tertiary alicyclic amines) is 1. The lowest BCUT2D eigenvalue weighted by Crippen LogP contribution is -2.42. The maximum absolute atomic E-state index is 12.3. The maximum atomic E-state index is 12.3. The van der Waals surface area contributed by atoms with Crippen LogP contribution < -0.4 is 0 Å². The summed E-state index contributed by atoms with van der Waals surface area (Å²) in [5.74, 6) is 0.0375. The van der Waals surface area contributed by atoms with E-state index in [1.807, 2.05) is 26.0 Å². The van der Waals surface area contributed by atoms with Gasteiger partial charge in [0.05, 0.1) is 6.10 Å². The van der Waals surface area contributed by atoms with E-state index in [1.54, 1.807) is 4.90 Å². The number of hydrogen-bond acceptors (Lipinski definition) is 2. The number of aliphatic hydroxyl groups is 1. The number of hydrogen-bond donors (Lipinski definition) is 1. The molecule has 1 heterocycles. The summed E-state index contributed by atoms with van der Waals surface area (Å²) in [5, 5.41) is 9.59. The molecule has 92 valence electrons. The summed E-state index contributed by atoms with van der Waals surface area (Å²) in [4.78, 5) is 14.0. The average Bonchev–Trinajstić information content (AvgIpc) is 2.26. The smallest absolute Gasteiger partial charge is 0.253 e. The van der Waals surface area contributed by atoms with Crippen LogP contribution in [0.3, 0.4) is 0 Å². The van der Waals surface area contributed by atoms with Gasteiger partial charge in [-0.05, 0) is 38.8 Å². The Bertz CT molecular complexity index is 408. The van der Waals surface area contributed by atoms with Gasteiger partial charge in [0.15, 0.2) is 0 Å². The summed E-state index contributed by atoms with van der Waals surface area (Å²) in [6, 6.07) is 5.88. The Hall–Kier alpha value is -1.35. The maximum Gasteiger partial charge on any atom is 0.253 e. The van der Waals surface area contributed by atoms with Gasteiger partial charge in [0.25, 0.3) is 5.91 Å². The lowest BCUT2D eigenvalue weighted by molar-refractivity contribution is 0.0473. The van der Waals surface area contributed by atoms with Crippen molar-refractivity contribution in [1.29, 1.82) is 0 Å². The molecular weight excluding hydrogens is 214 g/mol. The van der Waals surface area contributed by atoms with Crippen molar-refractivity contribution in [1.82, 2.24) is 4.90 Å². The minimum Gasteiger partial charge on any atom is -0.391 e. The van der Waals surface area contributed by atoms with Gasteiger partial charge in [-0.3, -0.25) is 4.79 Å². The van der Waals surface area contributed by atoms with E-state index in [9.17, 15) is 9.90 Å². The minimum absolute atomic E-state index is 0.0375. The molecule has 1 atom stereocenters. The molecule has 1 aliphatic rings. The van der Waals surface area contributed by atoms with Crippen LogP contribution >= 0.6 is 0 Å². The quantitative estimate of drug-likeness (QED) is 0.804. The van der Waals surface area contributed by atoms with Gasteiger partial charge < -0.3 is 10.0 Å². The van der Waals surface area contributed by atoms with Gasteiger partial charge in [-0.25, -0.2) is 0 Å². The molecule has 1 amide bonds. The van der Waals surface area contributed by atoms with Crippen LogP contribution in [-0.2, 0) is 0 Å². The Morgan fingerprint density at radius 1 is 1.29 bits per heavy atom. The molecule has 0 bridgehead atoms. The molecule has 0 spiro atoms. The molecule has 3 heteroatoms. The molecule has 1 aromatic rings. The van der Waals surface area contributed by atoms with Crippen LogP contribution in [0.1, 0.15) is 34.3 Å². The zero-order valence-corrected chi connectivity index (χ0v) is 10.4. The number of benzene rings is 1. The van der Waals surface area contributed by atoms with Crippen LogP contribution in [0.2, 0.25) is 0 Å². The standard InChI is InChI=1S/C14H19NO2/c1-10-6-11(2)8-12(7-10)14(17)15-5-3-4-13(16)9-15/h6-8,13,16H,3-5,9H2,1-2H3/t13-/m1/s1. The fraction of sp³-hybridized carbons (Fsp3) is 0.500. The van der Waals surface area contributed by atoms with Crippen LogP contribution in [0.15, 0.2) is 18.2 Å². The van der Waals surface area contributed by atoms with Crippen molar-refractivity contribution >= 4 is 5.91 Å². The Morgan fingerprint density at radius 3 is 2.53 bits per heavy atom. The fourth-order valence-electron chi connectivity index (χ4n) is 2.42. The van der Waals surface area contributed by atoms with Gasteiger partial charge >= 0.3 is 0 Å². The van der Waals surface area contributed by atoms with E-state index in [4.69, 9.17) is 0 Å². The number of nitrogens with zero attached hydrogens (tertiary/aromatic N) is 1. The summed E-state index contributed by atoms with van der Waals surface area (Å²) in [7, 11) is 0. The van der Waals surface area contributed by atoms with Gasteiger partial charge in [-0.2, -0.15) is 0 Å².